The fourth-order valence-electron chi connectivity index (χ4n) is 4.21. The summed E-state index contributed by atoms with van der Waals surface area (Å²) in [6.45, 7) is 5.74. The summed E-state index contributed by atoms with van der Waals surface area (Å²) in [6.07, 6.45) is 3.09. The van der Waals surface area contributed by atoms with Gasteiger partial charge in [0.2, 0.25) is 5.75 Å². The first-order chi connectivity index (χ1) is 15.2. The van der Waals surface area contributed by atoms with E-state index in [0.717, 1.165) is 44.0 Å². The Labute approximate surface area is 209 Å². The maximum Gasteiger partial charge on any atom is 0.203 e. The number of likely N-dealkylation sites (tertiary alicyclic amines) is 1. The van der Waals surface area contributed by atoms with Gasteiger partial charge in [-0.1, -0.05) is 36.4 Å². The molecule has 1 aliphatic rings. The van der Waals surface area contributed by atoms with Gasteiger partial charge in [0.1, 0.15) is 0 Å². The number of aliphatic imine (C=N–C) groups is 1. The third-order valence-corrected chi connectivity index (χ3v) is 5.72. The lowest BCUT2D eigenvalue weighted by molar-refractivity contribution is 0.322. The molecular formula is C25H36IN3O3. The normalized spacial score (nSPS) is 15.8. The molecule has 0 saturated carbocycles. The van der Waals surface area contributed by atoms with Gasteiger partial charge in [-0.3, -0.25) is 4.99 Å². The van der Waals surface area contributed by atoms with Crippen LogP contribution in [0.15, 0.2) is 47.5 Å². The monoisotopic (exact) mass is 553 g/mol. The highest BCUT2D eigenvalue weighted by molar-refractivity contribution is 14.0. The predicted molar refractivity (Wildman–Crippen MR) is 141 cm³/mol. The van der Waals surface area contributed by atoms with Gasteiger partial charge >= 0.3 is 0 Å². The molecule has 2 aromatic carbocycles. The first-order valence-electron chi connectivity index (χ1n) is 11.0. The Morgan fingerprint density at radius 1 is 1.03 bits per heavy atom. The quantitative estimate of drug-likeness (QED) is 0.284. The van der Waals surface area contributed by atoms with Gasteiger partial charge < -0.3 is 24.4 Å². The first kappa shape index (κ1) is 26.1. The molecule has 1 saturated heterocycles. The number of hydrogen-bond donors (Lipinski definition) is 1. The lowest BCUT2D eigenvalue weighted by Crippen LogP contribution is -2.40. The maximum atomic E-state index is 5.61. The van der Waals surface area contributed by atoms with Crippen LogP contribution in [0.2, 0.25) is 0 Å². The predicted octanol–water partition coefficient (Wildman–Crippen LogP) is 4.40. The Hall–Kier alpha value is -2.16. The summed E-state index contributed by atoms with van der Waals surface area (Å²) in [4.78, 5) is 7.30. The molecule has 1 aliphatic heterocycles. The molecule has 0 radical (unpaired) electrons. The Balaban J connectivity index is 0.00000363. The highest BCUT2D eigenvalue weighted by Crippen LogP contribution is 2.39. The van der Waals surface area contributed by atoms with Crippen molar-refractivity contribution in [3.8, 4) is 17.2 Å². The highest BCUT2D eigenvalue weighted by Gasteiger charge is 2.25. The van der Waals surface area contributed by atoms with Gasteiger partial charge in [-0.2, -0.15) is 0 Å². The third kappa shape index (κ3) is 6.67. The molecule has 32 heavy (non-hydrogen) atoms. The van der Waals surface area contributed by atoms with Crippen molar-refractivity contribution in [3.05, 3.63) is 53.6 Å². The lowest BCUT2D eigenvalue weighted by atomic mass is 9.99. The van der Waals surface area contributed by atoms with E-state index < -0.39 is 0 Å². The molecule has 0 spiro atoms. The number of rotatable bonds is 9. The smallest absolute Gasteiger partial charge is 0.203 e. The van der Waals surface area contributed by atoms with Crippen molar-refractivity contribution in [1.82, 2.24) is 10.2 Å². The van der Waals surface area contributed by atoms with E-state index in [4.69, 9.17) is 19.2 Å². The summed E-state index contributed by atoms with van der Waals surface area (Å²) in [5.74, 6) is 3.67. The molecule has 0 aliphatic carbocycles. The van der Waals surface area contributed by atoms with Crippen LogP contribution in [0.25, 0.3) is 0 Å². The molecule has 1 N–H and O–H groups in total. The minimum atomic E-state index is 0. The maximum absolute atomic E-state index is 5.61. The van der Waals surface area contributed by atoms with Crippen LogP contribution in [0.1, 0.15) is 24.5 Å². The molecule has 0 aromatic heterocycles. The Morgan fingerprint density at radius 2 is 1.78 bits per heavy atom. The van der Waals surface area contributed by atoms with Crippen LogP contribution in [0, 0.1) is 5.92 Å². The van der Waals surface area contributed by atoms with E-state index in [0.29, 0.717) is 29.7 Å². The molecule has 0 amide bonds. The molecule has 0 bridgehead atoms. The van der Waals surface area contributed by atoms with Crippen LogP contribution >= 0.6 is 24.0 Å². The van der Waals surface area contributed by atoms with Crippen molar-refractivity contribution in [2.45, 2.75) is 26.2 Å². The number of benzene rings is 2. The number of hydrogen-bond acceptors (Lipinski definition) is 4. The van der Waals surface area contributed by atoms with Crippen LogP contribution in [-0.4, -0.2) is 58.4 Å². The summed E-state index contributed by atoms with van der Waals surface area (Å²) in [5.41, 5.74) is 2.47. The number of methoxy groups -OCH3 is 3. The second-order valence-electron chi connectivity index (χ2n) is 7.77. The van der Waals surface area contributed by atoms with E-state index in [9.17, 15) is 0 Å². The van der Waals surface area contributed by atoms with Gasteiger partial charge in [0.05, 0.1) is 21.3 Å². The van der Waals surface area contributed by atoms with Gasteiger partial charge in [0.15, 0.2) is 17.5 Å². The van der Waals surface area contributed by atoms with Crippen molar-refractivity contribution < 1.29 is 14.2 Å². The van der Waals surface area contributed by atoms with Crippen LogP contribution in [0.5, 0.6) is 17.2 Å². The third-order valence-electron chi connectivity index (χ3n) is 5.72. The first-order valence-corrected chi connectivity index (χ1v) is 11.0. The molecule has 3 rings (SSSR count). The van der Waals surface area contributed by atoms with E-state index >= 15 is 0 Å². The molecule has 7 heteroatoms. The second-order valence-corrected chi connectivity index (χ2v) is 7.77. The number of halogens is 1. The van der Waals surface area contributed by atoms with E-state index in [1.807, 2.05) is 12.1 Å². The topological polar surface area (TPSA) is 55.3 Å². The molecule has 1 heterocycles. The van der Waals surface area contributed by atoms with Crippen molar-refractivity contribution in [1.29, 1.82) is 0 Å². The average molecular weight is 553 g/mol. The number of guanidine groups is 1. The van der Waals surface area contributed by atoms with Crippen LogP contribution in [0.4, 0.5) is 0 Å². The van der Waals surface area contributed by atoms with Crippen molar-refractivity contribution in [2.75, 3.05) is 47.5 Å². The largest absolute Gasteiger partial charge is 0.493 e. The molecule has 6 nitrogen and oxygen atoms in total. The Morgan fingerprint density at radius 3 is 2.44 bits per heavy atom. The number of nitrogens with one attached hydrogen (secondary N) is 1. The van der Waals surface area contributed by atoms with Gasteiger partial charge in [0.25, 0.3) is 0 Å². The molecule has 2 aromatic rings. The van der Waals surface area contributed by atoms with E-state index in [-0.39, 0.29) is 24.0 Å². The summed E-state index contributed by atoms with van der Waals surface area (Å²) < 4.78 is 16.5. The van der Waals surface area contributed by atoms with Gasteiger partial charge in [0, 0.05) is 31.7 Å². The average Bonchev–Trinajstić information content (AvgIpc) is 3.26. The summed E-state index contributed by atoms with van der Waals surface area (Å²) >= 11 is 0. The summed E-state index contributed by atoms with van der Waals surface area (Å²) in [6, 6.07) is 14.7. The van der Waals surface area contributed by atoms with Gasteiger partial charge in [-0.25, -0.2) is 0 Å². The minimum absolute atomic E-state index is 0. The Bertz CT molecular complexity index is 861. The van der Waals surface area contributed by atoms with Crippen molar-refractivity contribution in [3.63, 3.8) is 0 Å². The van der Waals surface area contributed by atoms with Gasteiger partial charge in [-0.05, 0) is 43.7 Å². The fourth-order valence-corrected chi connectivity index (χ4v) is 4.21. The van der Waals surface area contributed by atoms with E-state index in [1.54, 1.807) is 21.3 Å². The zero-order valence-corrected chi connectivity index (χ0v) is 21.9. The summed E-state index contributed by atoms with van der Waals surface area (Å²) in [5, 5.41) is 3.46. The Kier molecular flexibility index (Phi) is 10.9. The second kappa shape index (κ2) is 13.4. The minimum Gasteiger partial charge on any atom is -0.493 e. The zero-order valence-electron chi connectivity index (χ0n) is 19.6. The molecule has 1 atom stereocenters. The lowest BCUT2D eigenvalue weighted by Gasteiger charge is -2.22. The van der Waals surface area contributed by atoms with E-state index in [2.05, 4.69) is 47.5 Å². The highest BCUT2D eigenvalue weighted by atomic mass is 127. The molecular weight excluding hydrogens is 517 g/mol. The van der Waals surface area contributed by atoms with E-state index in [1.165, 1.54) is 12.0 Å². The van der Waals surface area contributed by atoms with Crippen LogP contribution in [-0.2, 0) is 12.8 Å². The fraction of sp³-hybridized carbons (Fsp3) is 0.480. The van der Waals surface area contributed by atoms with Crippen molar-refractivity contribution in [2.24, 2.45) is 10.9 Å². The molecule has 1 unspecified atom stereocenters. The number of nitrogens with zero attached hydrogens (tertiary/aromatic N) is 2. The zero-order chi connectivity index (χ0) is 22.1. The molecule has 176 valence electrons. The van der Waals surface area contributed by atoms with Gasteiger partial charge in [-0.15, -0.1) is 24.0 Å². The van der Waals surface area contributed by atoms with Crippen LogP contribution in [0.3, 0.4) is 0 Å². The van der Waals surface area contributed by atoms with Crippen molar-refractivity contribution >= 4 is 29.9 Å². The SMILES string of the molecule is CCNC(=NCCc1ccc(OC)c(OC)c1OC)N1CCC(Cc2ccccc2)C1.I. The summed E-state index contributed by atoms with van der Waals surface area (Å²) in [7, 11) is 4.92. The molecule has 1 fully saturated rings. The number of ether oxygens (including phenoxy) is 3. The standard InChI is InChI=1S/C25H35N3O3.HI/c1-5-26-25(28-16-14-20(18-28)17-19-9-7-6-8-10-19)27-15-13-21-11-12-22(29-2)24(31-4)23(21)30-3;/h6-12,20H,5,13-18H2,1-4H3,(H,26,27);1H. The van der Waals surface area contributed by atoms with Crippen LogP contribution < -0.4 is 19.5 Å².